The summed E-state index contributed by atoms with van der Waals surface area (Å²) in [6.07, 6.45) is 1.48. The quantitative estimate of drug-likeness (QED) is 0.881. The molecule has 5 nitrogen and oxygen atoms in total. The van der Waals surface area contributed by atoms with Crippen LogP contribution in [0.15, 0.2) is 47.5 Å². The first-order chi connectivity index (χ1) is 8.93. The summed E-state index contributed by atoms with van der Waals surface area (Å²) < 4.78 is 25.8. The van der Waals surface area contributed by atoms with E-state index < -0.39 is 10.0 Å². The Bertz CT molecular complexity index is 686. The van der Waals surface area contributed by atoms with E-state index in [-0.39, 0.29) is 15.7 Å². The Kier molecular flexibility index (Phi) is 3.64. The zero-order chi connectivity index (χ0) is 14.0. The number of nitrogen functional groups attached to an aromatic ring is 1. The van der Waals surface area contributed by atoms with Gasteiger partial charge in [-0.2, -0.15) is 0 Å². The normalized spacial score (nSPS) is 11.3. The fourth-order valence-electron chi connectivity index (χ4n) is 1.52. The van der Waals surface area contributed by atoms with Gasteiger partial charge < -0.3 is 5.73 Å². The van der Waals surface area contributed by atoms with E-state index in [0.29, 0.717) is 5.69 Å². The van der Waals surface area contributed by atoms with Crippen molar-refractivity contribution in [2.24, 2.45) is 0 Å². The van der Waals surface area contributed by atoms with Crippen molar-refractivity contribution in [3.8, 4) is 0 Å². The molecule has 0 atom stereocenters. The predicted octanol–water partition coefficient (Wildman–Crippen LogP) is 2.14. The van der Waals surface area contributed by atoms with Crippen molar-refractivity contribution in [1.29, 1.82) is 0 Å². The molecule has 0 aliphatic carbocycles. The Morgan fingerprint density at radius 2 is 1.84 bits per heavy atom. The zero-order valence-corrected chi connectivity index (χ0v) is 11.7. The van der Waals surface area contributed by atoms with Gasteiger partial charge in [0.05, 0.1) is 9.92 Å². The predicted molar refractivity (Wildman–Crippen MR) is 75.7 cm³/mol. The van der Waals surface area contributed by atoms with Gasteiger partial charge in [0, 0.05) is 18.9 Å². The fraction of sp³-hybridized carbons (Fsp3) is 0.0833. The van der Waals surface area contributed by atoms with E-state index in [0.717, 1.165) is 4.31 Å². The highest BCUT2D eigenvalue weighted by Gasteiger charge is 2.23. The lowest BCUT2D eigenvalue weighted by atomic mass is 10.3. The summed E-state index contributed by atoms with van der Waals surface area (Å²) >= 11 is 5.95. The van der Waals surface area contributed by atoms with E-state index in [1.807, 2.05) is 0 Å². The number of nitrogens with two attached hydrogens (primary N) is 1. The molecular formula is C12H12ClN3O2S. The van der Waals surface area contributed by atoms with Gasteiger partial charge in [0.15, 0.2) is 5.82 Å². The van der Waals surface area contributed by atoms with Crippen LogP contribution in [-0.2, 0) is 10.0 Å². The van der Waals surface area contributed by atoms with Crippen molar-refractivity contribution in [3.05, 3.63) is 47.6 Å². The molecule has 0 radical (unpaired) electrons. The summed E-state index contributed by atoms with van der Waals surface area (Å²) in [6, 6.07) is 9.16. The molecule has 0 aliphatic rings. The Morgan fingerprint density at radius 3 is 2.42 bits per heavy atom. The molecule has 7 heteroatoms. The van der Waals surface area contributed by atoms with Crippen LogP contribution in [0.25, 0.3) is 0 Å². The molecule has 1 aromatic carbocycles. The van der Waals surface area contributed by atoms with Crippen molar-refractivity contribution < 1.29 is 8.42 Å². The van der Waals surface area contributed by atoms with Crippen molar-refractivity contribution in [1.82, 2.24) is 4.98 Å². The van der Waals surface area contributed by atoms with Crippen LogP contribution in [-0.4, -0.2) is 20.4 Å². The van der Waals surface area contributed by atoms with Gasteiger partial charge in [-0.1, -0.05) is 11.6 Å². The van der Waals surface area contributed by atoms with E-state index in [4.69, 9.17) is 17.3 Å². The number of halogens is 1. The van der Waals surface area contributed by atoms with E-state index in [9.17, 15) is 8.42 Å². The Labute approximate surface area is 116 Å². The molecule has 0 fully saturated rings. The molecule has 0 aliphatic heterocycles. The summed E-state index contributed by atoms with van der Waals surface area (Å²) in [4.78, 5) is 4.11. The van der Waals surface area contributed by atoms with Crippen LogP contribution in [0, 0.1) is 0 Å². The molecule has 2 aromatic rings. The molecule has 0 saturated heterocycles. The molecule has 0 bridgehead atoms. The average Bonchev–Trinajstić information content (AvgIpc) is 2.39. The molecule has 0 saturated carbocycles. The number of nitrogens with zero attached hydrogens (tertiary/aromatic N) is 2. The van der Waals surface area contributed by atoms with Gasteiger partial charge in [-0.15, -0.1) is 0 Å². The average molecular weight is 298 g/mol. The van der Waals surface area contributed by atoms with Crippen LogP contribution >= 0.6 is 11.6 Å². The van der Waals surface area contributed by atoms with Crippen LogP contribution in [0.3, 0.4) is 0 Å². The molecule has 1 aromatic heterocycles. The maximum Gasteiger partial charge on any atom is 0.265 e. The standard InChI is InChI=1S/C12H12ClN3O2S/c1-16(12-11(13)3-2-8-15-12)19(17,18)10-6-4-9(14)5-7-10/h2-8H,14H2,1H3. The smallest absolute Gasteiger partial charge is 0.265 e. The van der Waals surface area contributed by atoms with E-state index in [1.165, 1.54) is 37.5 Å². The van der Waals surface area contributed by atoms with Gasteiger partial charge in [-0.25, -0.2) is 13.4 Å². The number of pyridine rings is 1. The third-order valence-corrected chi connectivity index (χ3v) is 4.63. The SMILES string of the molecule is CN(c1ncccc1Cl)S(=O)(=O)c1ccc(N)cc1. The van der Waals surface area contributed by atoms with E-state index in [2.05, 4.69) is 4.98 Å². The maximum atomic E-state index is 12.4. The monoisotopic (exact) mass is 297 g/mol. The van der Waals surface area contributed by atoms with Crippen molar-refractivity contribution in [3.63, 3.8) is 0 Å². The van der Waals surface area contributed by atoms with Gasteiger partial charge >= 0.3 is 0 Å². The van der Waals surface area contributed by atoms with Crippen molar-refractivity contribution in [2.75, 3.05) is 17.1 Å². The molecular weight excluding hydrogens is 286 g/mol. The Hall–Kier alpha value is -1.79. The summed E-state index contributed by atoms with van der Waals surface area (Å²) in [5, 5.41) is 0.268. The summed E-state index contributed by atoms with van der Waals surface area (Å²) in [7, 11) is -2.30. The van der Waals surface area contributed by atoms with Crippen LogP contribution in [0.5, 0.6) is 0 Å². The minimum Gasteiger partial charge on any atom is -0.399 e. The molecule has 1 heterocycles. The fourth-order valence-corrected chi connectivity index (χ4v) is 2.99. The summed E-state index contributed by atoms with van der Waals surface area (Å²) in [5.41, 5.74) is 6.04. The summed E-state index contributed by atoms with van der Waals surface area (Å²) in [5.74, 6) is 0.181. The number of benzene rings is 1. The van der Waals surface area contributed by atoms with Crippen LogP contribution in [0.2, 0.25) is 5.02 Å². The lowest BCUT2D eigenvalue weighted by Gasteiger charge is -2.19. The Balaban J connectivity index is 2.45. The topological polar surface area (TPSA) is 76.3 Å². The van der Waals surface area contributed by atoms with Gasteiger partial charge in [-0.3, -0.25) is 4.31 Å². The maximum absolute atomic E-state index is 12.4. The van der Waals surface area contributed by atoms with Crippen molar-refractivity contribution >= 4 is 33.1 Å². The highest BCUT2D eigenvalue weighted by atomic mass is 35.5. The molecule has 100 valence electrons. The van der Waals surface area contributed by atoms with Crippen LogP contribution in [0.1, 0.15) is 0 Å². The third-order valence-electron chi connectivity index (χ3n) is 2.58. The number of hydrogen-bond donors (Lipinski definition) is 1. The first-order valence-corrected chi connectivity index (χ1v) is 7.20. The van der Waals surface area contributed by atoms with Gasteiger partial charge in [0.25, 0.3) is 10.0 Å². The molecule has 2 N–H and O–H groups in total. The Morgan fingerprint density at radius 1 is 1.21 bits per heavy atom. The number of anilines is 2. The lowest BCUT2D eigenvalue weighted by molar-refractivity contribution is 0.594. The van der Waals surface area contributed by atoms with E-state index >= 15 is 0 Å². The van der Waals surface area contributed by atoms with Crippen LogP contribution < -0.4 is 10.0 Å². The molecule has 0 amide bonds. The van der Waals surface area contributed by atoms with E-state index in [1.54, 1.807) is 12.1 Å². The second kappa shape index (κ2) is 5.07. The highest BCUT2D eigenvalue weighted by Crippen LogP contribution is 2.26. The first-order valence-electron chi connectivity index (χ1n) is 5.38. The van der Waals surface area contributed by atoms with Gasteiger partial charge in [-0.05, 0) is 36.4 Å². The third kappa shape index (κ3) is 2.64. The molecule has 2 rings (SSSR count). The molecule has 19 heavy (non-hydrogen) atoms. The summed E-state index contributed by atoms with van der Waals surface area (Å²) in [6.45, 7) is 0. The number of rotatable bonds is 3. The largest absolute Gasteiger partial charge is 0.399 e. The lowest BCUT2D eigenvalue weighted by Crippen LogP contribution is -2.27. The van der Waals surface area contributed by atoms with Gasteiger partial charge in [0.2, 0.25) is 0 Å². The zero-order valence-electron chi connectivity index (χ0n) is 10.1. The number of hydrogen-bond acceptors (Lipinski definition) is 4. The van der Waals surface area contributed by atoms with Crippen molar-refractivity contribution in [2.45, 2.75) is 4.90 Å². The molecule has 0 unspecified atom stereocenters. The number of aromatic nitrogens is 1. The number of sulfonamides is 1. The second-order valence-electron chi connectivity index (χ2n) is 3.85. The highest BCUT2D eigenvalue weighted by molar-refractivity contribution is 7.92. The van der Waals surface area contributed by atoms with Crippen LogP contribution in [0.4, 0.5) is 11.5 Å². The minimum absolute atomic E-state index is 0.130. The first kappa shape index (κ1) is 13.6. The van der Waals surface area contributed by atoms with Gasteiger partial charge in [0.1, 0.15) is 0 Å². The second-order valence-corrected chi connectivity index (χ2v) is 6.23. The minimum atomic E-state index is -3.70. The molecule has 0 spiro atoms.